The van der Waals surface area contributed by atoms with E-state index in [0.717, 1.165) is 5.56 Å². The van der Waals surface area contributed by atoms with Crippen LogP contribution >= 0.6 is 11.6 Å². The third-order valence-electron chi connectivity index (χ3n) is 1.96. The molecule has 0 aliphatic carbocycles. The van der Waals surface area contributed by atoms with Gasteiger partial charge in [0.05, 0.1) is 6.61 Å². The van der Waals surface area contributed by atoms with Gasteiger partial charge in [0, 0.05) is 12.1 Å². The second-order valence-electron chi connectivity index (χ2n) is 2.96. The molecule has 2 N–H and O–H groups in total. The predicted molar refractivity (Wildman–Crippen MR) is 56.9 cm³/mol. The largest absolute Gasteiger partial charge is 0.488 e. The summed E-state index contributed by atoms with van der Waals surface area (Å²) in [6.07, 6.45) is 0.615. The highest BCUT2D eigenvalue weighted by Crippen LogP contribution is 2.10. The van der Waals surface area contributed by atoms with Crippen molar-refractivity contribution >= 4 is 24.2 Å². The standard InChI is InChI=1S/C9H12BClO3/c1-14-5-4-7-6-8(11)2-3-9(7)10(12)13/h2-3,6,12-13H,4-5H2,1H3. The summed E-state index contributed by atoms with van der Waals surface area (Å²) in [7, 11) is 0.138. The first-order chi connectivity index (χ1) is 6.65. The SMILES string of the molecule is COCCc1cc(Cl)ccc1B(O)O. The molecule has 0 heterocycles. The molecule has 0 aromatic heterocycles. The Hall–Kier alpha value is -0.545. The Morgan fingerprint density at radius 2 is 2.14 bits per heavy atom. The van der Waals surface area contributed by atoms with Crippen LogP contribution in [0.4, 0.5) is 0 Å². The first kappa shape index (κ1) is 11.5. The van der Waals surface area contributed by atoms with Crippen LogP contribution in [0.3, 0.4) is 0 Å². The third kappa shape index (κ3) is 2.99. The molecule has 1 aromatic carbocycles. The number of halogens is 1. The zero-order chi connectivity index (χ0) is 10.6. The Kier molecular flexibility index (Phi) is 4.42. The summed E-state index contributed by atoms with van der Waals surface area (Å²) >= 11 is 5.80. The van der Waals surface area contributed by atoms with Crippen LogP contribution in [0.2, 0.25) is 5.02 Å². The fourth-order valence-electron chi connectivity index (χ4n) is 1.25. The lowest BCUT2D eigenvalue weighted by molar-refractivity contribution is 0.202. The van der Waals surface area contributed by atoms with Crippen molar-refractivity contribution in [2.24, 2.45) is 0 Å². The summed E-state index contributed by atoms with van der Waals surface area (Å²) in [6.45, 7) is 0.528. The lowest BCUT2D eigenvalue weighted by Gasteiger charge is -2.08. The van der Waals surface area contributed by atoms with E-state index in [1.54, 1.807) is 25.3 Å². The molecule has 0 aliphatic heterocycles. The molecule has 0 amide bonds. The molecule has 0 spiro atoms. The van der Waals surface area contributed by atoms with Crippen LogP contribution < -0.4 is 5.46 Å². The summed E-state index contributed by atoms with van der Waals surface area (Å²) < 4.78 is 4.91. The van der Waals surface area contributed by atoms with E-state index < -0.39 is 7.12 Å². The quantitative estimate of drug-likeness (QED) is 0.705. The maximum Gasteiger partial charge on any atom is 0.488 e. The molecular weight excluding hydrogens is 202 g/mol. The zero-order valence-electron chi connectivity index (χ0n) is 7.90. The Labute approximate surface area is 88.4 Å². The highest BCUT2D eigenvalue weighted by molar-refractivity contribution is 6.59. The van der Waals surface area contributed by atoms with Crippen molar-refractivity contribution in [3.05, 3.63) is 28.8 Å². The minimum atomic E-state index is -1.46. The molecule has 3 nitrogen and oxygen atoms in total. The van der Waals surface area contributed by atoms with Gasteiger partial charge in [-0.2, -0.15) is 0 Å². The van der Waals surface area contributed by atoms with Crippen molar-refractivity contribution in [2.75, 3.05) is 13.7 Å². The van der Waals surface area contributed by atoms with E-state index in [4.69, 9.17) is 26.4 Å². The van der Waals surface area contributed by atoms with Gasteiger partial charge in [-0.1, -0.05) is 17.7 Å². The summed E-state index contributed by atoms with van der Waals surface area (Å²) in [4.78, 5) is 0. The smallest absolute Gasteiger partial charge is 0.423 e. The van der Waals surface area contributed by atoms with Crippen molar-refractivity contribution in [1.82, 2.24) is 0 Å². The molecule has 0 atom stereocenters. The number of benzene rings is 1. The Bertz CT molecular complexity index is 304. The minimum absolute atomic E-state index is 0.478. The van der Waals surface area contributed by atoms with Crippen molar-refractivity contribution in [2.45, 2.75) is 6.42 Å². The van der Waals surface area contributed by atoms with E-state index >= 15 is 0 Å². The molecule has 5 heteroatoms. The van der Waals surface area contributed by atoms with Crippen LogP contribution in [0.15, 0.2) is 18.2 Å². The molecule has 14 heavy (non-hydrogen) atoms. The van der Waals surface area contributed by atoms with Crippen molar-refractivity contribution in [3.63, 3.8) is 0 Å². The van der Waals surface area contributed by atoms with Crippen molar-refractivity contribution < 1.29 is 14.8 Å². The summed E-state index contributed by atoms with van der Waals surface area (Å²) in [6, 6.07) is 4.96. The number of hydrogen-bond acceptors (Lipinski definition) is 3. The maximum atomic E-state index is 9.07. The van der Waals surface area contributed by atoms with Gasteiger partial charge in [0.2, 0.25) is 0 Å². The normalized spacial score (nSPS) is 10.3. The Morgan fingerprint density at radius 3 is 2.71 bits per heavy atom. The summed E-state index contributed by atoms with van der Waals surface area (Å²) in [5.74, 6) is 0. The molecule has 1 aromatic rings. The fourth-order valence-corrected chi connectivity index (χ4v) is 1.45. The lowest BCUT2D eigenvalue weighted by Crippen LogP contribution is -2.33. The molecule has 0 saturated heterocycles. The average Bonchev–Trinajstić information content (AvgIpc) is 2.14. The van der Waals surface area contributed by atoms with E-state index in [1.807, 2.05) is 0 Å². The predicted octanol–water partition coefficient (Wildman–Crippen LogP) is 0.209. The van der Waals surface area contributed by atoms with E-state index in [9.17, 15) is 0 Å². The highest BCUT2D eigenvalue weighted by atomic mass is 35.5. The first-order valence-electron chi connectivity index (χ1n) is 4.28. The monoisotopic (exact) mass is 214 g/mol. The first-order valence-corrected chi connectivity index (χ1v) is 4.66. The van der Waals surface area contributed by atoms with Gasteiger partial charge in [-0.15, -0.1) is 0 Å². The second kappa shape index (κ2) is 5.36. The number of rotatable bonds is 4. The van der Waals surface area contributed by atoms with Crippen LogP contribution in [0.25, 0.3) is 0 Å². The topological polar surface area (TPSA) is 49.7 Å². The van der Waals surface area contributed by atoms with E-state index in [0.29, 0.717) is 23.5 Å². The van der Waals surface area contributed by atoms with Crippen molar-refractivity contribution in [3.8, 4) is 0 Å². The third-order valence-corrected chi connectivity index (χ3v) is 2.19. The molecule has 0 bridgehead atoms. The van der Waals surface area contributed by atoms with Gasteiger partial charge in [0.15, 0.2) is 0 Å². The van der Waals surface area contributed by atoms with Gasteiger partial charge in [0.1, 0.15) is 0 Å². The van der Waals surface area contributed by atoms with E-state index in [2.05, 4.69) is 0 Å². The lowest BCUT2D eigenvalue weighted by atomic mass is 9.76. The molecule has 0 aliphatic rings. The maximum absolute atomic E-state index is 9.07. The average molecular weight is 214 g/mol. The Balaban J connectivity index is 2.91. The molecular formula is C9H12BClO3. The van der Waals surface area contributed by atoms with Gasteiger partial charge in [-0.3, -0.25) is 0 Å². The molecule has 0 saturated carbocycles. The number of methoxy groups -OCH3 is 1. The second-order valence-corrected chi connectivity index (χ2v) is 3.40. The number of hydrogen-bond donors (Lipinski definition) is 2. The van der Waals surface area contributed by atoms with Crippen LogP contribution in [-0.2, 0) is 11.2 Å². The van der Waals surface area contributed by atoms with Gasteiger partial charge in [-0.05, 0) is 29.6 Å². The van der Waals surface area contributed by atoms with Gasteiger partial charge >= 0.3 is 7.12 Å². The van der Waals surface area contributed by atoms with Crippen LogP contribution in [-0.4, -0.2) is 30.9 Å². The molecule has 76 valence electrons. The number of ether oxygens (including phenoxy) is 1. The highest BCUT2D eigenvalue weighted by Gasteiger charge is 2.15. The minimum Gasteiger partial charge on any atom is -0.423 e. The molecule has 1 rings (SSSR count). The van der Waals surface area contributed by atoms with Crippen molar-refractivity contribution in [1.29, 1.82) is 0 Å². The molecule has 0 fully saturated rings. The molecule has 0 radical (unpaired) electrons. The van der Waals surface area contributed by atoms with Crippen LogP contribution in [0.5, 0.6) is 0 Å². The fraction of sp³-hybridized carbons (Fsp3) is 0.333. The van der Waals surface area contributed by atoms with Gasteiger partial charge in [-0.25, -0.2) is 0 Å². The van der Waals surface area contributed by atoms with E-state index in [-0.39, 0.29) is 0 Å². The Morgan fingerprint density at radius 1 is 1.43 bits per heavy atom. The molecule has 0 unspecified atom stereocenters. The van der Waals surface area contributed by atoms with Crippen LogP contribution in [0.1, 0.15) is 5.56 Å². The summed E-state index contributed by atoms with van der Waals surface area (Å²) in [5.41, 5.74) is 1.28. The van der Waals surface area contributed by atoms with Gasteiger partial charge in [0.25, 0.3) is 0 Å². The zero-order valence-corrected chi connectivity index (χ0v) is 8.66. The summed E-state index contributed by atoms with van der Waals surface area (Å²) in [5, 5.41) is 18.7. The van der Waals surface area contributed by atoms with Gasteiger partial charge < -0.3 is 14.8 Å². The van der Waals surface area contributed by atoms with Crippen LogP contribution in [0, 0.1) is 0 Å². The van der Waals surface area contributed by atoms with E-state index in [1.165, 1.54) is 0 Å².